The van der Waals surface area contributed by atoms with Gasteiger partial charge in [-0.3, -0.25) is 4.79 Å². The fourth-order valence-electron chi connectivity index (χ4n) is 2.38. The highest BCUT2D eigenvalue weighted by atomic mass is 32.2. The van der Waals surface area contributed by atoms with Crippen LogP contribution in [0.5, 0.6) is 0 Å². The zero-order valence-corrected chi connectivity index (χ0v) is 13.5. The van der Waals surface area contributed by atoms with Gasteiger partial charge < -0.3 is 10.3 Å². The average Bonchev–Trinajstić information content (AvgIpc) is 2.93. The Kier molecular flexibility index (Phi) is 4.20. The summed E-state index contributed by atoms with van der Waals surface area (Å²) < 4.78 is 0. The first-order valence-electron chi connectivity index (χ1n) is 7.20. The van der Waals surface area contributed by atoms with Gasteiger partial charge >= 0.3 is 0 Å². The summed E-state index contributed by atoms with van der Waals surface area (Å²) in [7, 11) is 0. The van der Waals surface area contributed by atoms with Gasteiger partial charge in [0.05, 0.1) is 5.75 Å². The van der Waals surface area contributed by atoms with Crippen LogP contribution in [0.1, 0.15) is 11.1 Å². The highest BCUT2D eigenvalue weighted by molar-refractivity contribution is 8.00. The van der Waals surface area contributed by atoms with Gasteiger partial charge in [0.15, 0.2) is 0 Å². The van der Waals surface area contributed by atoms with Crippen molar-refractivity contribution in [3.8, 4) is 0 Å². The second-order valence-corrected chi connectivity index (χ2v) is 6.30. The van der Waals surface area contributed by atoms with Crippen molar-refractivity contribution in [2.24, 2.45) is 0 Å². The van der Waals surface area contributed by atoms with E-state index >= 15 is 0 Å². The molecule has 0 bridgehead atoms. The molecule has 0 atom stereocenters. The average molecular weight is 310 g/mol. The number of carbonyl (C=O) groups excluding carboxylic acids is 1. The van der Waals surface area contributed by atoms with E-state index in [-0.39, 0.29) is 5.91 Å². The lowest BCUT2D eigenvalue weighted by Crippen LogP contribution is -2.15. The Labute approximate surface area is 134 Å². The van der Waals surface area contributed by atoms with E-state index in [0.29, 0.717) is 5.75 Å². The molecule has 2 N–H and O–H groups in total. The van der Waals surface area contributed by atoms with Crippen molar-refractivity contribution in [2.75, 3.05) is 11.1 Å². The van der Waals surface area contributed by atoms with Crippen LogP contribution in [0, 0.1) is 13.8 Å². The Hall–Kier alpha value is -2.20. The Bertz CT molecular complexity index is 823. The number of aromatic nitrogens is 1. The number of benzene rings is 2. The largest absolute Gasteiger partial charge is 0.360 e. The number of thioether (sulfide) groups is 1. The van der Waals surface area contributed by atoms with Crippen molar-refractivity contribution in [1.82, 2.24) is 4.98 Å². The molecule has 0 radical (unpaired) electrons. The first-order chi connectivity index (χ1) is 10.6. The molecule has 3 nitrogen and oxygen atoms in total. The zero-order valence-electron chi connectivity index (χ0n) is 12.6. The van der Waals surface area contributed by atoms with Crippen LogP contribution in [0.2, 0.25) is 0 Å². The van der Waals surface area contributed by atoms with Crippen molar-refractivity contribution in [1.29, 1.82) is 0 Å². The molecule has 3 rings (SSSR count). The zero-order chi connectivity index (χ0) is 15.5. The monoisotopic (exact) mass is 310 g/mol. The second-order valence-electron chi connectivity index (χ2n) is 5.28. The second kappa shape index (κ2) is 6.28. The Morgan fingerprint density at radius 2 is 1.95 bits per heavy atom. The summed E-state index contributed by atoms with van der Waals surface area (Å²) in [6, 6.07) is 14.1. The van der Waals surface area contributed by atoms with Gasteiger partial charge in [-0.1, -0.05) is 30.3 Å². The van der Waals surface area contributed by atoms with Crippen LogP contribution in [0.4, 0.5) is 5.69 Å². The minimum Gasteiger partial charge on any atom is -0.360 e. The van der Waals surface area contributed by atoms with Crippen LogP contribution >= 0.6 is 11.8 Å². The molecule has 22 heavy (non-hydrogen) atoms. The molecule has 1 heterocycles. The highest BCUT2D eigenvalue weighted by Crippen LogP contribution is 2.27. The molecule has 0 aliphatic heterocycles. The van der Waals surface area contributed by atoms with Crippen LogP contribution in [0.3, 0.4) is 0 Å². The number of carbonyl (C=O) groups is 1. The molecule has 0 unspecified atom stereocenters. The van der Waals surface area contributed by atoms with Gasteiger partial charge in [-0.05, 0) is 37.1 Å². The number of amides is 1. The number of nitrogens with one attached hydrogen (secondary N) is 2. The molecule has 0 saturated carbocycles. The fraction of sp³-hybridized carbons (Fsp3) is 0.167. The molecule has 0 saturated heterocycles. The molecule has 112 valence electrons. The number of para-hydroxylation sites is 1. The molecular formula is C18H18N2OS. The molecule has 0 fully saturated rings. The van der Waals surface area contributed by atoms with Gasteiger partial charge in [0.25, 0.3) is 0 Å². The molecule has 3 aromatic rings. The third kappa shape index (κ3) is 3.02. The summed E-state index contributed by atoms with van der Waals surface area (Å²) in [4.78, 5) is 16.5. The van der Waals surface area contributed by atoms with E-state index in [1.807, 2.05) is 56.4 Å². The van der Waals surface area contributed by atoms with Crippen LogP contribution in [0.25, 0.3) is 10.9 Å². The summed E-state index contributed by atoms with van der Waals surface area (Å²) in [5.41, 5.74) is 4.29. The van der Waals surface area contributed by atoms with Gasteiger partial charge in [0, 0.05) is 27.7 Å². The van der Waals surface area contributed by atoms with E-state index in [4.69, 9.17) is 0 Å². The minimum absolute atomic E-state index is 0.0176. The van der Waals surface area contributed by atoms with E-state index in [0.717, 1.165) is 27.0 Å². The first kappa shape index (κ1) is 14.7. The summed E-state index contributed by atoms with van der Waals surface area (Å²) in [6.07, 6.45) is 1.96. The third-order valence-electron chi connectivity index (χ3n) is 3.79. The smallest absolute Gasteiger partial charge is 0.234 e. The van der Waals surface area contributed by atoms with E-state index in [9.17, 15) is 4.79 Å². The molecule has 4 heteroatoms. The van der Waals surface area contributed by atoms with Gasteiger partial charge in [-0.15, -0.1) is 11.8 Å². The van der Waals surface area contributed by atoms with Gasteiger partial charge in [-0.25, -0.2) is 0 Å². The molecule has 1 amide bonds. The maximum Gasteiger partial charge on any atom is 0.234 e. The van der Waals surface area contributed by atoms with Crippen LogP contribution < -0.4 is 5.32 Å². The Morgan fingerprint density at radius 1 is 1.14 bits per heavy atom. The number of anilines is 1. The van der Waals surface area contributed by atoms with Crippen molar-refractivity contribution in [2.45, 2.75) is 18.7 Å². The maximum absolute atomic E-state index is 12.2. The molecule has 2 aromatic carbocycles. The van der Waals surface area contributed by atoms with E-state index in [2.05, 4.69) is 16.4 Å². The lowest BCUT2D eigenvalue weighted by Gasteiger charge is -2.10. The first-order valence-corrected chi connectivity index (χ1v) is 8.18. The number of fused-ring (bicyclic) bond motifs is 1. The summed E-state index contributed by atoms with van der Waals surface area (Å²) in [6.45, 7) is 4.07. The quantitative estimate of drug-likeness (QED) is 0.696. The number of rotatable bonds is 4. The lowest BCUT2D eigenvalue weighted by atomic mass is 10.1. The SMILES string of the molecule is Cc1cccc(NC(=O)CSc2c[nH]c3ccccc23)c1C. The predicted octanol–water partition coefficient (Wildman–Crippen LogP) is 4.52. The van der Waals surface area contributed by atoms with Crippen molar-refractivity contribution in [3.05, 3.63) is 59.8 Å². The van der Waals surface area contributed by atoms with Crippen LogP contribution in [-0.4, -0.2) is 16.6 Å². The number of H-pyrrole nitrogens is 1. The lowest BCUT2D eigenvalue weighted by molar-refractivity contribution is -0.113. The molecule has 0 aliphatic carbocycles. The summed E-state index contributed by atoms with van der Waals surface area (Å²) in [5, 5.41) is 4.15. The Morgan fingerprint density at radius 3 is 2.82 bits per heavy atom. The van der Waals surface area contributed by atoms with E-state index in [1.54, 1.807) is 11.8 Å². The van der Waals surface area contributed by atoms with Gasteiger partial charge in [0.2, 0.25) is 5.91 Å². The number of aryl methyl sites for hydroxylation is 1. The maximum atomic E-state index is 12.2. The van der Waals surface area contributed by atoms with Crippen molar-refractivity contribution in [3.63, 3.8) is 0 Å². The number of hydrogen-bond acceptors (Lipinski definition) is 2. The van der Waals surface area contributed by atoms with Crippen LogP contribution in [-0.2, 0) is 4.79 Å². The molecule has 0 spiro atoms. The third-order valence-corrected chi connectivity index (χ3v) is 4.84. The topological polar surface area (TPSA) is 44.9 Å². The molecule has 1 aromatic heterocycles. The van der Waals surface area contributed by atoms with Crippen molar-refractivity contribution >= 4 is 34.3 Å². The molecule has 0 aliphatic rings. The summed E-state index contributed by atoms with van der Waals surface area (Å²) >= 11 is 1.55. The number of hydrogen-bond donors (Lipinski definition) is 2. The normalized spacial score (nSPS) is 10.8. The number of aromatic amines is 1. The highest BCUT2D eigenvalue weighted by Gasteiger charge is 2.09. The standard InChI is InChI=1S/C18H18N2OS/c1-12-6-5-9-15(13(12)2)20-18(21)11-22-17-10-19-16-8-4-3-7-14(16)17/h3-10,19H,11H2,1-2H3,(H,20,21). The predicted molar refractivity (Wildman–Crippen MR) is 93.6 cm³/mol. The van der Waals surface area contributed by atoms with Gasteiger partial charge in [0.1, 0.15) is 0 Å². The van der Waals surface area contributed by atoms with Crippen molar-refractivity contribution < 1.29 is 4.79 Å². The molecular weight excluding hydrogens is 292 g/mol. The summed E-state index contributed by atoms with van der Waals surface area (Å²) in [5.74, 6) is 0.416. The Balaban J connectivity index is 1.66. The van der Waals surface area contributed by atoms with E-state index in [1.165, 1.54) is 5.56 Å². The minimum atomic E-state index is 0.0176. The fourth-order valence-corrected chi connectivity index (χ4v) is 3.21. The van der Waals surface area contributed by atoms with Gasteiger partial charge in [-0.2, -0.15) is 0 Å². The van der Waals surface area contributed by atoms with Crippen LogP contribution in [0.15, 0.2) is 53.6 Å². The van der Waals surface area contributed by atoms with E-state index < -0.39 is 0 Å².